The highest BCUT2D eigenvalue weighted by Gasteiger charge is 2.35. The summed E-state index contributed by atoms with van der Waals surface area (Å²) in [4.78, 5) is 30.6. The molecule has 28 heavy (non-hydrogen) atoms. The summed E-state index contributed by atoms with van der Waals surface area (Å²) in [5.41, 5.74) is -2.10. The first-order valence-electron chi connectivity index (χ1n) is 8.04. The van der Waals surface area contributed by atoms with E-state index in [4.69, 9.17) is 11.3 Å². The van der Waals surface area contributed by atoms with Crippen LogP contribution < -0.4 is 11.2 Å². The fourth-order valence-corrected chi connectivity index (χ4v) is 3.79. The molecule has 1 aliphatic rings. The lowest BCUT2D eigenvalue weighted by atomic mass is 10.1. The SMILES string of the molecule is C#CCO/N=C1\CCSc2ccc(-n3c(=O)cc(C(F)(F)F)n(C)c3=O)cc21. The number of rotatable bonds is 3. The Balaban J connectivity index is 2.15. The predicted molar refractivity (Wildman–Crippen MR) is 98.9 cm³/mol. The Hall–Kier alpha value is -2.93. The number of thioether (sulfide) groups is 1. The van der Waals surface area contributed by atoms with Crippen LogP contribution in [0, 0.1) is 12.3 Å². The molecule has 2 heterocycles. The molecule has 6 nitrogen and oxygen atoms in total. The Morgan fingerprint density at radius 2 is 2.07 bits per heavy atom. The smallest absolute Gasteiger partial charge is 0.382 e. The van der Waals surface area contributed by atoms with Crippen LogP contribution in [-0.2, 0) is 18.1 Å². The number of halogens is 3. The summed E-state index contributed by atoms with van der Waals surface area (Å²) in [6.45, 7) is -0.00935. The summed E-state index contributed by atoms with van der Waals surface area (Å²) in [7, 11) is 0.968. The topological polar surface area (TPSA) is 65.6 Å². The summed E-state index contributed by atoms with van der Waals surface area (Å²) >= 11 is 1.56. The number of hydrogen-bond donors (Lipinski definition) is 0. The normalized spacial score (nSPS) is 15.2. The maximum atomic E-state index is 13.0. The quantitative estimate of drug-likeness (QED) is 0.444. The summed E-state index contributed by atoms with van der Waals surface area (Å²) < 4.78 is 40.1. The fraction of sp³-hybridized carbons (Fsp3) is 0.278. The van der Waals surface area contributed by atoms with Crippen molar-refractivity contribution >= 4 is 17.5 Å². The van der Waals surface area contributed by atoms with Crippen LogP contribution in [0.3, 0.4) is 0 Å². The van der Waals surface area contributed by atoms with Gasteiger partial charge in [-0.05, 0) is 18.2 Å². The van der Waals surface area contributed by atoms with E-state index < -0.39 is 23.1 Å². The van der Waals surface area contributed by atoms with Crippen molar-refractivity contribution in [2.24, 2.45) is 12.2 Å². The van der Waals surface area contributed by atoms with Gasteiger partial charge in [-0.3, -0.25) is 9.36 Å². The van der Waals surface area contributed by atoms with Crippen LogP contribution in [0.15, 0.2) is 43.9 Å². The third-order valence-electron chi connectivity index (χ3n) is 4.06. The molecule has 1 aliphatic heterocycles. The molecule has 3 rings (SSSR count). The Kier molecular flexibility index (Phi) is 5.38. The van der Waals surface area contributed by atoms with Gasteiger partial charge in [-0.25, -0.2) is 9.36 Å². The third kappa shape index (κ3) is 3.71. The molecule has 0 unspecified atom stereocenters. The Morgan fingerprint density at radius 3 is 2.75 bits per heavy atom. The van der Waals surface area contributed by atoms with E-state index in [9.17, 15) is 22.8 Å². The second kappa shape index (κ2) is 7.59. The summed E-state index contributed by atoms with van der Waals surface area (Å²) in [5.74, 6) is 3.05. The van der Waals surface area contributed by atoms with Gasteiger partial charge in [-0.2, -0.15) is 13.2 Å². The van der Waals surface area contributed by atoms with Crippen LogP contribution in [0.2, 0.25) is 0 Å². The van der Waals surface area contributed by atoms with Gasteiger partial charge in [0.05, 0.1) is 11.4 Å². The predicted octanol–water partition coefficient (Wildman–Crippen LogP) is 2.40. The Bertz CT molecular complexity index is 1110. The van der Waals surface area contributed by atoms with Crippen LogP contribution in [0.1, 0.15) is 17.7 Å². The van der Waals surface area contributed by atoms with Gasteiger partial charge < -0.3 is 4.84 Å². The first-order chi connectivity index (χ1) is 13.2. The highest BCUT2D eigenvalue weighted by atomic mass is 32.2. The van der Waals surface area contributed by atoms with Crippen LogP contribution in [0.25, 0.3) is 5.69 Å². The second-order valence-electron chi connectivity index (χ2n) is 5.84. The fourth-order valence-electron chi connectivity index (χ4n) is 2.78. The molecule has 146 valence electrons. The third-order valence-corrected chi connectivity index (χ3v) is 5.14. The maximum Gasteiger partial charge on any atom is 0.431 e. The molecule has 1 aromatic heterocycles. The molecule has 0 N–H and O–H groups in total. The molecule has 0 fully saturated rings. The molecule has 0 radical (unpaired) electrons. The molecule has 1 aromatic carbocycles. The van der Waals surface area contributed by atoms with E-state index in [2.05, 4.69) is 11.1 Å². The van der Waals surface area contributed by atoms with Gasteiger partial charge >= 0.3 is 11.9 Å². The van der Waals surface area contributed by atoms with Gasteiger partial charge in [0.1, 0.15) is 5.69 Å². The number of terminal acetylenes is 1. The van der Waals surface area contributed by atoms with E-state index in [0.29, 0.717) is 32.9 Å². The average Bonchev–Trinajstić information content (AvgIpc) is 2.64. The lowest BCUT2D eigenvalue weighted by Gasteiger charge is -2.19. The van der Waals surface area contributed by atoms with Crippen molar-refractivity contribution in [2.45, 2.75) is 17.5 Å². The number of benzene rings is 1. The zero-order valence-corrected chi connectivity index (χ0v) is 15.4. The van der Waals surface area contributed by atoms with Crippen molar-refractivity contribution in [3.05, 3.63) is 56.4 Å². The van der Waals surface area contributed by atoms with E-state index >= 15 is 0 Å². The first-order valence-corrected chi connectivity index (χ1v) is 9.02. The van der Waals surface area contributed by atoms with E-state index in [1.54, 1.807) is 17.8 Å². The number of oxime groups is 1. The molecular formula is C18H14F3N3O3S. The van der Waals surface area contributed by atoms with E-state index in [1.165, 1.54) is 12.1 Å². The second-order valence-corrected chi connectivity index (χ2v) is 6.97. The molecule has 10 heteroatoms. The lowest BCUT2D eigenvalue weighted by Crippen LogP contribution is -2.40. The molecule has 0 amide bonds. The molecule has 0 saturated carbocycles. The number of hydrogen-bond acceptors (Lipinski definition) is 5. The van der Waals surface area contributed by atoms with Crippen molar-refractivity contribution in [3.63, 3.8) is 0 Å². The maximum absolute atomic E-state index is 13.0. The zero-order valence-electron chi connectivity index (χ0n) is 14.6. The van der Waals surface area contributed by atoms with Crippen LogP contribution in [-0.4, -0.2) is 27.2 Å². The number of nitrogens with zero attached hydrogens (tertiary/aromatic N) is 3. The van der Waals surface area contributed by atoms with Gasteiger partial charge in [0, 0.05) is 35.7 Å². The minimum atomic E-state index is -4.81. The minimum absolute atomic E-state index is 0.00935. The average molecular weight is 409 g/mol. The molecule has 2 aromatic rings. The number of fused-ring (bicyclic) bond motifs is 1. The number of aromatic nitrogens is 2. The van der Waals surface area contributed by atoms with Crippen molar-refractivity contribution in [1.82, 2.24) is 9.13 Å². The Morgan fingerprint density at radius 1 is 1.32 bits per heavy atom. The molecule has 0 bridgehead atoms. The summed E-state index contributed by atoms with van der Waals surface area (Å²) in [6, 6.07) is 5.14. The summed E-state index contributed by atoms with van der Waals surface area (Å²) in [6.07, 6.45) is 0.888. The van der Waals surface area contributed by atoms with E-state index in [1.807, 2.05) is 0 Å². The van der Waals surface area contributed by atoms with Crippen molar-refractivity contribution in [1.29, 1.82) is 0 Å². The van der Waals surface area contributed by atoms with Gasteiger partial charge in [0.25, 0.3) is 5.56 Å². The van der Waals surface area contributed by atoms with E-state index in [0.717, 1.165) is 17.7 Å². The van der Waals surface area contributed by atoms with Crippen molar-refractivity contribution < 1.29 is 18.0 Å². The summed E-state index contributed by atoms with van der Waals surface area (Å²) in [5, 5.41) is 4.00. The van der Waals surface area contributed by atoms with Crippen LogP contribution >= 0.6 is 11.8 Å². The number of alkyl halides is 3. The standard InChI is InChI=1S/C18H14F3N3O3S/c1-3-7-27-22-13-6-8-28-14-5-4-11(9-12(13)14)24-16(25)10-15(18(19,20)21)23(2)17(24)26/h1,4-5,9-10H,6-8H2,2H3/b22-13+. The largest absolute Gasteiger partial charge is 0.431 e. The van der Waals surface area contributed by atoms with Crippen LogP contribution in [0.4, 0.5) is 13.2 Å². The monoisotopic (exact) mass is 409 g/mol. The van der Waals surface area contributed by atoms with E-state index in [-0.39, 0.29) is 12.3 Å². The first kappa shape index (κ1) is 19.8. The van der Waals surface area contributed by atoms with Gasteiger partial charge in [0.15, 0.2) is 6.61 Å². The molecule has 0 atom stereocenters. The Labute approximate surface area is 161 Å². The zero-order chi connectivity index (χ0) is 20.5. The highest BCUT2D eigenvalue weighted by Crippen LogP contribution is 2.32. The van der Waals surface area contributed by atoms with Crippen molar-refractivity contribution in [3.8, 4) is 18.0 Å². The van der Waals surface area contributed by atoms with Crippen LogP contribution in [0.5, 0.6) is 0 Å². The lowest BCUT2D eigenvalue weighted by molar-refractivity contribution is -0.144. The molecule has 0 spiro atoms. The molecule has 0 saturated heterocycles. The van der Waals surface area contributed by atoms with Gasteiger partial charge in [-0.1, -0.05) is 11.1 Å². The highest BCUT2D eigenvalue weighted by molar-refractivity contribution is 7.99. The van der Waals surface area contributed by atoms with Gasteiger partial charge in [0.2, 0.25) is 0 Å². The van der Waals surface area contributed by atoms with Gasteiger partial charge in [-0.15, -0.1) is 18.2 Å². The van der Waals surface area contributed by atoms with Crippen molar-refractivity contribution in [2.75, 3.05) is 12.4 Å². The molecule has 0 aliphatic carbocycles. The molecular weight excluding hydrogens is 395 g/mol. The minimum Gasteiger partial charge on any atom is -0.382 e.